The number of ether oxygens (including phenoxy) is 2. The summed E-state index contributed by atoms with van der Waals surface area (Å²) in [5.41, 5.74) is 0.247. The van der Waals surface area contributed by atoms with Crippen molar-refractivity contribution in [2.75, 3.05) is 19.0 Å². The van der Waals surface area contributed by atoms with Crippen LogP contribution in [0.3, 0.4) is 0 Å². The molecule has 0 bridgehead atoms. The van der Waals surface area contributed by atoms with Gasteiger partial charge in [-0.15, -0.1) is 0 Å². The van der Waals surface area contributed by atoms with E-state index in [-0.39, 0.29) is 17.9 Å². The number of anilines is 1. The number of hydrogen-bond donors (Lipinski definition) is 2. The molecule has 2 rings (SSSR count). The first-order valence-electron chi connectivity index (χ1n) is 6.50. The van der Waals surface area contributed by atoms with Gasteiger partial charge in [-0.05, 0) is 24.3 Å². The van der Waals surface area contributed by atoms with E-state index in [9.17, 15) is 9.59 Å². The van der Waals surface area contributed by atoms with Crippen LogP contribution in [0.1, 0.15) is 10.4 Å². The van der Waals surface area contributed by atoms with Gasteiger partial charge in [-0.3, -0.25) is 4.79 Å². The SMILES string of the molecule is COc1ccccc1OCC(=O)Nc1ccccc1C(=O)O. The van der Waals surface area contributed by atoms with Crippen LogP contribution >= 0.6 is 0 Å². The van der Waals surface area contributed by atoms with Crippen molar-refractivity contribution in [1.29, 1.82) is 0 Å². The van der Waals surface area contributed by atoms with Gasteiger partial charge < -0.3 is 19.9 Å². The first kappa shape index (κ1) is 15.4. The van der Waals surface area contributed by atoms with Gasteiger partial charge in [0.2, 0.25) is 0 Å². The Kier molecular flexibility index (Phi) is 4.98. The number of carboxylic acids is 1. The monoisotopic (exact) mass is 301 g/mol. The molecule has 0 atom stereocenters. The van der Waals surface area contributed by atoms with Crippen LogP contribution in [0.4, 0.5) is 5.69 Å². The van der Waals surface area contributed by atoms with E-state index in [0.717, 1.165) is 0 Å². The van der Waals surface area contributed by atoms with Gasteiger partial charge in [0.1, 0.15) is 0 Å². The molecule has 0 aliphatic carbocycles. The van der Waals surface area contributed by atoms with E-state index in [0.29, 0.717) is 11.5 Å². The second-order valence-electron chi connectivity index (χ2n) is 4.34. The Morgan fingerprint density at radius 2 is 1.68 bits per heavy atom. The number of nitrogens with one attached hydrogen (secondary N) is 1. The molecule has 2 N–H and O–H groups in total. The molecule has 114 valence electrons. The number of carbonyl (C=O) groups is 2. The molecule has 2 aromatic carbocycles. The fourth-order valence-electron chi connectivity index (χ4n) is 1.85. The maximum Gasteiger partial charge on any atom is 0.337 e. The summed E-state index contributed by atoms with van der Waals surface area (Å²) in [6, 6.07) is 13.1. The van der Waals surface area contributed by atoms with Crippen molar-refractivity contribution in [3.8, 4) is 11.5 Å². The number of carbonyl (C=O) groups excluding carboxylic acids is 1. The predicted octanol–water partition coefficient (Wildman–Crippen LogP) is 2.41. The summed E-state index contributed by atoms with van der Waals surface area (Å²) in [6.07, 6.45) is 0. The number of benzene rings is 2. The summed E-state index contributed by atoms with van der Waals surface area (Å²) in [6.45, 7) is -0.256. The normalized spacial score (nSPS) is 9.86. The van der Waals surface area contributed by atoms with Gasteiger partial charge in [0, 0.05) is 0 Å². The van der Waals surface area contributed by atoms with E-state index in [1.54, 1.807) is 36.4 Å². The smallest absolute Gasteiger partial charge is 0.337 e. The van der Waals surface area contributed by atoms with Gasteiger partial charge in [0.25, 0.3) is 5.91 Å². The van der Waals surface area contributed by atoms with Gasteiger partial charge in [-0.2, -0.15) is 0 Å². The van der Waals surface area contributed by atoms with Gasteiger partial charge in [-0.25, -0.2) is 4.79 Å². The molecule has 22 heavy (non-hydrogen) atoms. The summed E-state index contributed by atoms with van der Waals surface area (Å²) in [7, 11) is 1.51. The molecule has 0 saturated carbocycles. The Morgan fingerprint density at radius 3 is 2.36 bits per heavy atom. The molecule has 0 aromatic heterocycles. The second kappa shape index (κ2) is 7.12. The van der Waals surface area contributed by atoms with Crippen molar-refractivity contribution in [1.82, 2.24) is 0 Å². The topological polar surface area (TPSA) is 84.9 Å². The molecule has 0 spiro atoms. The van der Waals surface area contributed by atoms with Crippen molar-refractivity contribution < 1.29 is 24.2 Å². The van der Waals surface area contributed by atoms with Crippen LogP contribution in [-0.4, -0.2) is 30.7 Å². The van der Waals surface area contributed by atoms with Crippen LogP contribution in [0.15, 0.2) is 48.5 Å². The fourth-order valence-corrected chi connectivity index (χ4v) is 1.85. The van der Waals surface area contributed by atoms with Gasteiger partial charge in [0.15, 0.2) is 18.1 Å². The zero-order valence-corrected chi connectivity index (χ0v) is 11.9. The quantitative estimate of drug-likeness (QED) is 0.856. The number of para-hydroxylation sites is 3. The van der Waals surface area contributed by atoms with Crippen LogP contribution in [0.2, 0.25) is 0 Å². The van der Waals surface area contributed by atoms with Gasteiger partial charge in [-0.1, -0.05) is 24.3 Å². The average Bonchev–Trinajstić information content (AvgIpc) is 2.53. The molecule has 0 radical (unpaired) electrons. The molecule has 0 saturated heterocycles. The van der Waals surface area contributed by atoms with Crippen molar-refractivity contribution in [2.24, 2.45) is 0 Å². The zero-order valence-electron chi connectivity index (χ0n) is 11.9. The van der Waals surface area contributed by atoms with E-state index in [2.05, 4.69) is 5.32 Å². The van der Waals surface area contributed by atoms with Crippen LogP contribution in [0.5, 0.6) is 11.5 Å². The molecule has 6 nitrogen and oxygen atoms in total. The fraction of sp³-hybridized carbons (Fsp3) is 0.125. The molecule has 0 unspecified atom stereocenters. The minimum absolute atomic E-state index is 0.0214. The minimum Gasteiger partial charge on any atom is -0.493 e. The second-order valence-corrected chi connectivity index (χ2v) is 4.34. The molecule has 0 fully saturated rings. The maximum atomic E-state index is 11.9. The lowest BCUT2D eigenvalue weighted by molar-refractivity contribution is -0.118. The highest BCUT2D eigenvalue weighted by atomic mass is 16.5. The summed E-state index contributed by atoms with van der Waals surface area (Å²) < 4.78 is 10.5. The van der Waals surface area contributed by atoms with Gasteiger partial charge in [0.05, 0.1) is 18.4 Å². The van der Waals surface area contributed by atoms with Crippen molar-refractivity contribution in [3.05, 3.63) is 54.1 Å². The Labute approximate surface area is 127 Å². The number of hydrogen-bond acceptors (Lipinski definition) is 4. The largest absolute Gasteiger partial charge is 0.493 e. The standard InChI is InChI=1S/C16H15NO5/c1-21-13-8-4-5-9-14(13)22-10-15(18)17-12-7-3-2-6-11(12)16(19)20/h2-9H,10H2,1H3,(H,17,18)(H,19,20). The van der Waals surface area contributed by atoms with E-state index >= 15 is 0 Å². The van der Waals surface area contributed by atoms with E-state index in [4.69, 9.17) is 14.6 Å². The van der Waals surface area contributed by atoms with Crippen LogP contribution < -0.4 is 14.8 Å². The maximum absolute atomic E-state index is 11.9. The van der Waals surface area contributed by atoms with E-state index in [1.165, 1.54) is 19.2 Å². The first-order chi connectivity index (χ1) is 10.6. The highest BCUT2D eigenvalue weighted by molar-refractivity contribution is 6.00. The third-order valence-electron chi connectivity index (χ3n) is 2.86. The molecule has 0 heterocycles. The third kappa shape index (κ3) is 3.76. The Bertz CT molecular complexity index is 684. The molecule has 0 aliphatic heterocycles. The highest BCUT2D eigenvalue weighted by Gasteiger charge is 2.12. The number of amides is 1. The Morgan fingerprint density at radius 1 is 1.05 bits per heavy atom. The lowest BCUT2D eigenvalue weighted by Crippen LogP contribution is -2.21. The zero-order chi connectivity index (χ0) is 15.9. The molecule has 0 aliphatic rings. The number of rotatable bonds is 6. The van der Waals surface area contributed by atoms with Crippen LogP contribution in [0, 0.1) is 0 Å². The lowest BCUT2D eigenvalue weighted by atomic mass is 10.2. The molecule has 6 heteroatoms. The van der Waals surface area contributed by atoms with Crippen LogP contribution in [0.25, 0.3) is 0 Å². The Balaban J connectivity index is 2.01. The summed E-state index contributed by atoms with van der Waals surface area (Å²) in [4.78, 5) is 23.0. The molecule has 1 amide bonds. The van der Waals surface area contributed by atoms with Crippen LogP contribution in [-0.2, 0) is 4.79 Å². The highest BCUT2D eigenvalue weighted by Crippen LogP contribution is 2.25. The van der Waals surface area contributed by atoms with Gasteiger partial charge >= 0.3 is 5.97 Å². The van der Waals surface area contributed by atoms with E-state index < -0.39 is 11.9 Å². The third-order valence-corrected chi connectivity index (χ3v) is 2.86. The first-order valence-corrected chi connectivity index (χ1v) is 6.50. The number of methoxy groups -OCH3 is 1. The lowest BCUT2D eigenvalue weighted by Gasteiger charge is -2.11. The van der Waals surface area contributed by atoms with E-state index in [1.807, 2.05) is 0 Å². The Hall–Kier alpha value is -3.02. The van der Waals surface area contributed by atoms with Crippen molar-refractivity contribution in [3.63, 3.8) is 0 Å². The minimum atomic E-state index is -1.11. The predicted molar refractivity (Wildman–Crippen MR) is 80.5 cm³/mol. The number of aromatic carboxylic acids is 1. The summed E-state index contributed by atoms with van der Waals surface area (Å²) in [5.74, 6) is -0.617. The van der Waals surface area contributed by atoms with Crippen molar-refractivity contribution in [2.45, 2.75) is 0 Å². The molecular formula is C16H15NO5. The molecular weight excluding hydrogens is 286 g/mol. The van der Waals surface area contributed by atoms with Crippen molar-refractivity contribution >= 4 is 17.6 Å². The average molecular weight is 301 g/mol. The summed E-state index contributed by atoms with van der Waals surface area (Å²) >= 11 is 0. The summed E-state index contributed by atoms with van der Waals surface area (Å²) in [5, 5.41) is 11.6. The number of carboxylic acid groups (broad SMARTS) is 1. The molecule has 2 aromatic rings.